The largest absolute Gasteiger partial charge is 0.467 e. The predicted molar refractivity (Wildman–Crippen MR) is 157 cm³/mol. The molecular weight excluding hydrogens is 588 g/mol. The number of esters is 5. The third kappa shape index (κ3) is 5.90. The number of aromatic amines is 1. The molecule has 45 heavy (non-hydrogen) atoms. The van der Waals surface area contributed by atoms with Crippen molar-refractivity contribution in [3.63, 3.8) is 0 Å². The van der Waals surface area contributed by atoms with Crippen molar-refractivity contribution in [3.05, 3.63) is 47.8 Å². The first-order valence-electron chi connectivity index (χ1n) is 14.1. The Morgan fingerprint density at radius 2 is 1.42 bits per heavy atom. The van der Waals surface area contributed by atoms with Gasteiger partial charge in [0.1, 0.15) is 5.75 Å². The highest BCUT2D eigenvalue weighted by Gasteiger charge is 2.58. The molecule has 0 spiro atoms. The van der Waals surface area contributed by atoms with Gasteiger partial charge in [0.05, 0.1) is 12.6 Å². The molecular formula is C32H33N2O11+. The molecule has 1 aliphatic heterocycles. The van der Waals surface area contributed by atoms with Crippen LogP contribution in [0.3, 0.4) is 0 Å². The van der Waals surface area contributed by atoms with E-state index in [1.54, 1.807) is 29.1 Å². The summed E-state index contributed by atoms with van der Waals surface area (Å²) in [5.74, 6) is -3.17. The molecule has 236 valence electrons. The zero-order valence-electron chi connectivity index (χ0n) is 25.8. The third-order valence-corrected chi connectivity index (χ3v) is 7.72. The number of pyridine rings is 1. The van der Waals surface area contributed by atoms with Gasteiger partial charge in [0, 0.05) is 55.4 Å². The van der Waals surface area contributed by atoms with Crippen molar-refractivity contribution >= 4 is 62.4 Å². The topological polar surface area (TPSA) is 160 Å². The van der Waals surface area contributed by atoms with E-state index < -0.39 is 60.5 Å². The Bertz CT molecular complexity index is 1880. The number of carbonyl (C=O) groups excluding carboxylic acids is 5. The van der Waals surface area contributed by atoms with Gasteiger partial charge in [-0.1, -0.05) is 0 Å². The van der Waals surface area contributed by atoms with Crippen LogP contribution in [0.5, 0.6) is 5.75 Å². The van der Waals surface area contributed by atoms with Gasteiger partial charge >= 0.3 is 36.1 Å². The number of aryl methyl sites for hydroxylation is 2. The molecule has 2 aromatic heterocycles. The van der Waals surface area contributed by atoms with Crippen molar-refractivity contribution in [2.24, 2.45) is 0 Å². The minimum Gasteiger partial charge on any atom is -0.467 e. The molecule has 1 fully saturated rings. The van der Waals surface area contributed by atoms with E-state index in [2.05, 4.69) is 4.98 Å². The number of benzene rings is 2. The number of carbonyl (C=O) groups is 5. The Hall–Kier alpha value is -5.04. The second-order valence-electron chi connectivity index (χ2n) is 10.8. The number of hydrogen-bond donors (Lipinski definition) is 1. The van der Waals surface area contributed by atoms with Crippen molar-refractivity contribution in [1.29, 1.82) is 0 Å². The van der Waals surface area contributed by atoms with Crippen molar-refractivity contribution in [2.75, 3.05) is 7.11 Å². The first-order valence-corrected chi connectivity index (χ1v) is 14.1. The summed E-state index contributed by atoms with van der Waals surface area (Å²) in [6.07, 6.45) is -3.49. The number of nitrogens with zero attached hydrogens (tertiary/aromatic N) is 1. The highest BCUT2D eigenvalue weighted by molar-refractivity contribution is 6.16. The van der Waals surface area contributed by atoms with E-state index in [-0.39, 0.29) is 0 Å². The zero-order chi connectivity index (χ0) is 32.7. The van der Waals surface area contributed by atoms with E-state index in [1.165, 1.54) is 13.8 Å². The van der Waals surface area contributed by atoms with Gasteiger partial charge in [-0.15, -0.1) is 0 Å². The van der Waals surface area contributed by atoms with E-state index in [1.807, 2.05) is 26.0 Å². The molecule has 5 rings (SSSR count). The summed E-state index contributed by atoms with van der Waals surface area (Å²) in [4.78, 5) is 64.5. The van der Waals surface area contributed by atoms with Crippen molar-refractivity contribution in [2.45, 2.75) is 72.2 Å². The maximum Gasteiger partial charge on any atom is 0.339 e. The number of H-pyrrole nitrogens is 1. The van der Waals surface area contributed by atoms with Gasteiger partial charge in [-0.05, 0) is 48.6 Å². The quantitative estimate of drug-likeness (QED) is 0.146. The van der Waals surface area contributed by atoms with Crippen LogP contribution in [-0.4, -0.2) is 66.4 Å². The van der Waals surface area contributed by atoms with Gasteiger partial charge in [0.2, 0.25) is 12.2 Å². The fraction of sp³-hybridized carbons (Fsp3) is 0.375. The van der Waals surface area contributed by atoms with Gasteiger partial charge in [-0.3, -0.25) is 23.9 Å². The summed E-state index contributed by atoms with van der Waals surface area (Å²) in [6.45, 7) is 8.69. The van der Waals surface area contributed by atoms with Gasteiger partial charge in [0.15, 0.2) is 24.6 Å². The van der Waals surface area contributed by atoms with Crippen molar-refractivity contribution < 1.29 is 57.0 Å². The lowest BCUT2D eigenvalue weighted by Crippen LogP contribution is -2.66. The number of ether oxygens (including phenoxy) is 6. The molecule has 0 saturated carbocycles. The summed E-state index contributed by atoms with van der Waals surface area (Å²) < 4.78 is 34.5. The van der Waals surface area contributed by atoms with Crippen LogP contribution in [0.15, 0.2) is 36.7 Å². The van der Waals surface area contributed by atoms with E-state index in [4.69, 9.17) is 28.4 Å². The van der Waals surface area contributed by atoms with Crippen LogP contribution in [0, 0.1) is 13.8 Å². The van der Waals surface area contributed by atoms with Crippen LogP contribution >= 0.6 is 0 Å². The normalized spacial score (nSPS) is 21.4. The smallest absolute Gasteiger partial charge is 0.339 e. The lowest BCUT2D eigenvalue weighted by molar-refractivity contribution is -0.775. The molecule has 1 N–H and O–H groups in total. The Morgan fingerprint density at radius 3 is 2.04 bits per heavy atom. The second kappa shape index (κ2) is 12.2. The van der Waals surface area contributed by atoms with Crippen LogP contribution in [0.4, 0.5) is 0 Å². The molecule has 13 heteroatoms. The maximum atomic E-state index is 12.9. The molecule has 0 radical (unpaired) electrons. The van der Waals surface area contributed by atoms with E-state index in [9.17, 15) is 24.0 Å². The second-order valence-corrected chi connectivity index (χ2v) is 10.8. The fourth-order valence-electron chi connectivity index (χ4n) is 5.97. The highest BCUT2D eigenvalue weighted by Crippen LogP contribution is 2.38. The average molecular weight is 622 g/mol. The van der Waals surface area contributed by atoms with Crippen molar-refractivity contribution in [3.8, 4) is 5.75 Å². The van der Waals surface area contributed by atoms with E-state index >= 15 is 0 Å². The van der Waals surface area contributed by atoms with Gasteiger partial charge < -0.3 is 28.7 Å². The Kier molecular flexibility index (Phi) is 8.48. The van der Waals surface area contributed by atoms with Crippen LogP contribution in [0.1, 0.15) is 45.0 Å². The molecule has 13 nitrogen and oxygen atoms in total. The van der Waals surface area contributed by atoms with Gasteiger partial charge in [0.25, 0.3) is 0 Å². The minimum atomic E-state index is -1.53. The minimum absolute atomic E-state index is 0.406. The number of nitrogens with one attached hydrogen (secondary N) is 1. The monoisotopic (exact) mass is 621 g/mol. The van der Waals surface area contributed by atoms with Gasteiger partial charge in [-0.25, -0.2) is 4.79 Å². The van der Waals surface area contributed by atoms with Crippen LogP contribution in [-0.2, 0) is 47.7 Å². The Balaban J connectivity index is 1.71. The van der Waals surface area contributed by atoms with Crippen molar-refractivity contribution in [1.82, 2.24) is 4.98 Å². The van der Waals surface area contributed by atoms with E-state index in [0.29, 0.717) is 5.75 Å². The summed E-state index contributed by atoms with van der Waals surface area (Å²) in [6, 6.07) is 7.21. The van der Waals surface area contributed by atoms with Crippen LogP contribution in [0.2, 0.25) is 0 Å². The fourth-order valence-corrected chi connectivity index (χ4v) is 5.97. The van der Waals surface area contributed by atoms with Crippen LogP contribution < -0.4 is 9.30 Å². The molecule has 1 saturated heterocycles. The Morgan fingerprint density at radius 1 is 0.778 bits per heavy atom. The first-order chi connectivity index (χ1) is 21.3. The number of methoxy groups -OCH3 is 1. The zero-order valence-corrected chi connectivity index (χ0v) is 25.8. The summed E-state index contributed by atoms with van der Waals surface area (Å²) in [5.41, 5.74) is 3.58. The first kappa shape index (κ1) is 31.4. The van der Waals surface area contributed by atoms with Gasteiger partial charge in [-0.2, -0.15) is 4.57 Å². The lowest BCUT2D eigenvalue weighted by atomic mass is 9.95. The molecule has 2 aromatic carbocycles. The summed E-state index contributed by atoms with van der Waals surface area (Å²) >= 11 is 0. The molecule has 0 unspecified atom stereocenters. The SMILES string of the molecule is COC(=O)[C@H]1O[C@@H]([n+]2ccc3c(C)c4[nH]c5ccc(OC(C)=O)cc5c4c(C)c3c2)[C@H](OC(C)=O)[C@@H](OC(C)=O)[C@@H]1OC(C)=O. The molecule has 0 aliphatic carbocycles. The number of hydrogen-bond acceptors (Lipinski definition) is 11. The molecule has 1 aliphatic rings. The highest BCUT2D eigenvalue weighted by atomic mass is 16.7. The number of rotatable bonds is 6. The van der Waals surface area contributed by atoms with Crippen LogP contribution in [0.25, 0.3) is 32.6 Å². The standard InChI is InChI=1S/C32H32N2O11/c1-14-23-13-34(11-10-21(23)15(2)26-25(14)22-12-20(41-16(3)35)8-9-24(22)33-26)31-29(44-19(6)38)27(42-17(4)36)28(43-18(5)37)30(45-31)32(39)40-7/h8-13,27-31H,1-7H3/p+1/t27-,28-,29+,30-,31+/m0/s1. The maximum absolute atomic E-state index is 12.9. The lowest BCUT2D eigenvalue weighted by Gasteiger charge is -2.40. The molecule has 4 aromatic rings. The molecule has 0 bridgehead atoms. The average Bonchev–Trinajstić information content (AvgIpc) is 3.35. The Labute approximate surface area is 257 Å². The molecule has 0 amide bonds. The number of fused-ring (bicyclic) bond motifs is 4. The third-order valence-electron chi connectivity index (χ3n) is 7.72. The molecule has 3 heterocycles. The summed E-state index contributed by atoms with van der Waals surface area (Å²) in [7, 11) is 1.14. The predicted octanol–water partition coefficient (Wildman–Crippen LogP) is 3.17. The molecule has 5 atom stereocenters. The van der Waals surface area contributed by atoms with E-state index in [0.717, 1.165) is 64.7 Å². The number of aromatic nitrogens is 2. The summed E-state index contributed by atoms with van der Waals surface area (Å²) in [5, 5.41) is 3.45.